The SMILES string of the molecule is COC(=O)c1cn(CCCCN)nn1.Cl. The van der Waals surface area contributed by atoms with Gasteiger partial charge in [-0.05, 0) is 19.4 Å². The number of aryl methyl sites for hydroxylation is 1. The topological polar surface area (TPSA) is 83.0 Å². The molecule has 0 aliphatic rings. The van der Waals surface area contributed by atoms with Crippen molar-refractivity contribution in [3.05, 3.63) is 11.9 Å². The number of nitrogens with zero attached hydrogens (tertiary/aromatic N) is 3. The maximum absolute atomic E-state index is 11.0. The summed E-state index contributed by atoms with van der Waals surface area (Å²) < 4.78 is 6.11. The smallest absolute Gasteiger partial charge is 0.360 e. The minimum absolute atomic E-state index is 0. The maximum atomic E-state index is 11.0. The molecule has 0 aliphatic heterocycles. The van der Waals surface area contributed by atoms with E-state index in [-0.39, 0.29) is 18.1 Å². The number of hydrogen-bond donors (Lipinski definition) is 1. The van der Waals surface area contributed by atoms with Crippen LogP contribution in [0.25, 0.3) is 0 Å². The largest absolute Gasteiger partial charge is 0.464 e. The molecule has 7 heteroatoms. The second-order valence-corrected chi connectivity index (χ2v) is 2.85. The lowest BCUT2D eigenvalue weighted by Gasteiger charge is -1.97. The molecule has 0 saturated heterocycles. The summed E-state index contributed by atoms with van der Waals surface area (Å²) in [6.07, 6.45) is 3.44. The number of rotatable bonds is 5. The summed E-state index contributed by atoms with van der Waals surface area (Å²) in [4.78, 5) is 11.0. The molecule has 0 unspecified atom stereocenters. The van der Waals surface area contributed by atoms with Crippen molar-refractivity contribution in [3.63, 3.8) is 0 Å². The van der Waals surface area contributed by atoms with Gasteiger partial charge < -0.3 is 10.5 Å². The predicted molar refractivity (Wildman–Crippen MR) is 56.9 cm³/mol. The average Bonchev–Trinajstić information content (AvgIpc) is 2.66. The van der Waals surface area contributed by atoms with Gasteiger partial charge in [0.1, 0.15) is 0 Å². The number of methoxy groups -OCH3 is 1. The summed E-state index contributed by atoms with van der Waals surface area (Å²) in [6, 6.07) is 0. The summed E-state index contributed by atoms with van der Waals surface area (Å²) in [5, 5.41) is 7.45. The van der Waals surface area contributed by atoms with Crippen molar-refractivity contribution in [1.82, 2.24) is 15.0 Å². The van der Waals surface area contributed by atoms with E-state index in [0.29, 0.717) is 6.54 Å². The van der Waals surface area contributed by atoms with Gasteiger partial charge in [0.25, 0.3) is 0 Å². The van der Waals surface area contributed by atoms with Gasteiger partial charge in [0.15, 0.2) is 5.69 Å². The molecule has 0 spiro atoms. The van der Waals surface area contributed by atoms with Crippen LogP contribution in [0.2, 0.25) is 0 Å². The van der Waals surface area contributed by atoms with Gasteiger partial charge in [-0.25, -0.2) is 4.79 Å². The lowest BCUT2D eigenvalue weighted by Crippen LogP contribution is -2.04. The number of ether oxygens (including phenoxy) is 1. The first-order valence-corrected chi connectivity index (χ1v) is 4.46. The highest BCUT2D eigenvalue weighted by Crippen LogP contribution is 1.97. The molecule has 0 atom stereocenters. The molecule has 1 rings (SSSR count). The van der Waals surface area contributed by atoms with E-state index in [1.807, 2.05) is 0 Å². The lowest BCUT2D eigenvalue weighted by molar-refractivity contribution is 0.0594. The van der Waals surface area contributed by atoms with Crippen molar-refractivity contribution in [2.24, 2.45) is 5.73 Å². The van der Waals surface area contributed by atoms with E-state index in [1.165, 1.54) is 7.11 Å². The third kappa shape index (κ3) is 4.26. The number of halogens is 1. The van der Waals surface area contributed by atoms with E-state index in [4.69, 9.17) is 5.73 Å². The summed E-state index contributed by atoms with van der Waals surface area (Å²) >= 11 is 0. The minimum atomic E-state index is -0.463. The molecule has 0 amide bonds. The Morgan fingerprint density at radius 2 is 2.33 bits per heavy atom. The molecule has 0 radical (unpaired) electrons. The Morgan fingerprint density at radius 1 is 1.60 bits per heavy atom. The number of esters is 1. The number of nitrogens with two attached hydrogens (primary N) is 1. The van der Waals surface area contributed by atoms with E-state index >= 15 is 0 Å². The Bertz CT molecular complexity index is 303. The van der Waals surface area contributed by atoms with Crippen LogP contribution in [0.4, 0.5) is 0 Å². The van der Waals surface area contributed by atoms with Crippen LogP contribution in [0.15, 0.2) is 6.20 Å². The molecule has 0 bridgehead atoms. The van der Waals surface area contributed by atoms with Gasteiger partial charge in [-0.3, -0.25) is 4.68 Å². The van der Waals surface area contributed by atoms with Crippen molar-refractivity contribution >= 4 is 18.4 Å². The Hall–Kier alpha value is -1.14. The average molecular weight is 235 g/mol. The zero-order valence-electron chi connectivity index (χ0n) is 8.55. The fraction of sp³-hybridized carbons (Fsp3) is 0.625. The molecule has 0 fully saturated rings. The summed E-state index contributed by atoms with van der Waals surface area (Å²) in [7, 11) is 1.32. The van der Waals surface area contributed by atoms with Crippen LogP contribution < -0.4 is 5.73 Å². The van der Waals surface area contributed by atoms with Crippen molar-refractivity contribution in [3.8, 4) is 0 Å². The Balaban J connectivity index is 0.00000196. The van der Waals surface area contributed by atoms with Gasteiger partial charge in [0.05, 0.1) is 13.3 Å². The quantitative estimate of drug-likeness (QED) is 0.582. The van der Waals surface area contributed by atoms with Gasteiger partial charge >= 0.3 is 5.97 Å². The number of unbranched alkanes of at least 4 members (excludes halogenated alkanes) is 1. The zero-order chi connectivity index (χ0) is 10.4. The highest BCUT2D eigenvalue weighted by Gasteiger charge is 2.09. The molecule has 1 aromatic heterocycles. The molecule has 0 saturated carbocycles. The van der Waals surface area contributed by atoms with Gasteiger partial charge in [0, 0.05) is 6.54 Å². The van der Waals surface area contributed by atoms with Gasteiger partial charge in [-0.1, -0.05) is 5.21 Å². The normalized spacial score (nSPS) is 9.47. The minimum Gasteiger partial charge on any atom is -0.464 e. The van der Waals surface area contributed by atoms with Gasteiger partial charge in [0.2, 0.25) is 0 Å². The van der Waals surface area contributed by atoms with Crippen LogP contribution in [0, 0.1) is 0 Å². The molecule has 86 valence electrons. The summed E-state index contributed by atoms with van der Waals surface area (Å²) in [5.74, 6) is -0.463. The second-order valence-electron chi connectivity index (χ2n) is 2.85. The van der Waals surface area contributed by atoms with Crippen molar-refractivity contribution in [2.45, 2.75) is 19.4 Å². The third-order valence-electron chi connectivity index (χ3n) is 1.77. The summed E-state index contributed by atoms with van der Waals surface area (Å²) in [6.45, 7) is 1.39. The molecule has 15 heavy (non-hydrogen) atoms. The van der Waals surface area contributed by atoms with Crippen molar-refractivity contribution < 1.29 is 9.53 Å². The van der Waals surface area contributed by atoms with Crippen LogP contribution in [0.1, 0.15) is 23.3 Å². The fourth-order valence-electron chi connectivity index (χ4n) is 1.02. The highest BCUT2D eigenvalue weighted by molar-refractivity contribution is 5.86. The monoisotopic (exact) mass is 234 g/mol. The molecule has 2 N–H and O–H groups in total. The van der Waals surface area contributed by atoms with E-state index < -0.39 is 5.97 Å². The van der Waals surface area contributed by atoms with Crippen molar-refractivity contribution in [2.75, 3.05) is 13.7 Å². The number of carbonyl (C=O) groups is 1. The standard InChI is InChI=1S/C8H14N4O2.ClH/c1-14-8(13)7-6-12(11-10-7)5-3-2-4-9;/h6H,2-5,9H2,1H3;1H. The van der Waals surface area contributed by atoms with Crippen LogP contribution >= 0.6 is 12.4 Å². The van der Waals surface area contributed by atoms with E-state index in [0.717, 1.165) is 19.4 Å². The zero-order valence-corrected chi connectivity index (χ0v) is 9.37. The Kier molecular flexibility index (Phi) is 6.64. The van der Waals surface area contributed by atoms with Crippen LogP contribution in [-0.2, 0) is 11.3 Å². The molecule has 0 aromatic carbocycles. The summed E-state index contributed by atoms with van der Waals surface area (Å²) in [5.41, 5.74) is 5.58. The lowest BCUT2D eigenvalue weighted by atomic mass is 10.3. The molecular weight excluding hydrogens is 220 g/mol. The number of carbonyl (C=O) groups excluding carboxylic acids is 1. The Labute approximate surface area is 94.2 Å². The van der Waals surface area contributed by atoms with Crippen molar-refractivity contribution in [1.29, 1.82) is 0 Å². The van der Waals surface area contributed by atoms with Crippen LogP contribution in [0.5, 0.6) is 0 Å². The molecular formula is C8H15ClN4O2. The van der Waals surface area contributed by atoms with E-state index in [2.05, 4.69) is 15.0 Å². The first kappa shape index (κ1) is 13.9. The maximum Gasteiger partial charge on any atom is 0.360 e. The first-order chi connectivity index (χ1) is 6.77. The second kappa shape index (κ2) is 7.19. The predicted octanol–water partition coefficient (Wildman–Crippen LogP) is 0.225. The molecule has 1 heterocycles. The van der Waals surface area contributed by atoms with E-state index in [1.54, 1.807) is 10.9 Å². The number of aromatic nitrogens is 3. The van der Waals surface area contributed by atoms with Gasteiger partial charge in [-0.15, -0.1) is 17.5 Å². The van der Waals surface area contributed by atoms with Crippen LogP contribution in [0.3, 0.4) is 0 Å². The first-order valence-electron chi connectivity index (χ1n) is 4.46. The molecule has 1 aromatic rings. The highest BCUT2D eigenvalue weighted by atomic mass is 35.5. The molecule has 0 aliphatic carbocycles. The third-order valence-corrected chi connectivity index (χ3v) is 1.77. The number of hydrogen-bond acceptors (Lipinski definition) is 5. The van der Waals surface area contributed by atoms with E-state index in [9.17, 15) is 4.79 Å². The Morgan fingerprint density at radius 3 is 2.93 bits per heavy atom. The van der Waals surface area contributed by atoms with Gasteiger partial charge in [-0.2, -0.15) is 0 Å². The van der Waals surface area contributed by atoms with Crippen LogP contribution in [-0.4, -0.2) is 34.6 Å². The molecule has 6 nitrogen and oxygen atoms in total. The fourth-order valence-corrected chi connectivity index (χ4v) is 1.02.